The molecule has 1 atom stereocenters. The maximum Gasteiger partial charge on any atom is 1.00 e. The molecule has 0 saturated heterocycles. The van der Waals surface area contributed by atoms with Gasteiger partial charge in [0.1, 0.15) is 10.1 Å². The quantitative estimate of drug-likeness (QED) is 0.255. The maximum absolute atomic E-state index is 10.0. The third-order valence-electron chi connectivity index (χ3n) is 0.709. The molecule has 4 nitrogen and oxygen atoms in total. The van der Waals surface area contributed by atoms with E-state index < -0.39 is 15.6 Å². The summed E-state index contributed by atoms with van der Waals surface area (Å²) in [5.41, 5.74) is -1.42. The minimum absolute atomic E-state index is 0. The molecule has 0 aliphatic heterocycles. The SMILES string of the molecule is C=CC(OC)S(=O)(=O)[O-].[Na+]. The van der Waals surface area contributed by atoms with Crippen LogP contribution in [0.25, 0.3) is 0 Å². The van der Waals surface area contributed by atoms with Crippen LogP contribution in [-0.2, 0) is 14.9 Å². The van der Waals surface area contributed by atoms with Gasteiger partial charge < -0.3 is 9.29 Å². The van der Waals surface area contributed by atoms with Crippen LogP contribution in [-0.4, -0.2) is 25.5 Å². The zero-order valence-corrected chi connectivity index (χ0v) is 8.72. The van der Waals surface area contributed by atoms with E-state index in [0.717, 1.165) is 13.2 Å². The topological polar surface area (TPSA) is 66.4 Å². The second-order valence-corrected chi connectivity index (χ2v) is 2.78. The Morgan fingerprint density at radius 3 is 2.10 bits per heavy atom. The van der Waals surface area contributed by atoms with Gasteiger partial charge in [-0.05, 0) is 6.08 Å². The van der Waals surface area contributed by atoms with E-state index in [0.29, 0.717) is 0 Å². The summed E-state index contributed by atoms with van der Waals surface area (Å²) >= 11 is 0. The number of methoxy groups -OCH3 is 1. The van der Waals surface area contributed by atoms with Crippen molar-refractivity contribution in [2.75, 3.05) is 7.11 Å². The first-order valence-corrected chi connectivity index (χ1v) is 3.59. The normalized spacial score (nSPS) is 13.4. The largest absolute Gasteiger partial charge is 1.00 e. The van der Waals surface area contributed by atoms with E-state index in [4.69, 9.17) is 0 Å². The van der Waals surface area contributed by atoms with Crippen LogP contribution in [0, 0.1) is 0 Å². The van der Waals surface area contributed by atoms with Gasteiger partial charge in [-0.25, -0.2) is 8.42 Å². The molecule has 0 aromatic carbocycles. The molecule has 54 valence electrons. The molecule has 0 aliphatic rings. The summed E-state index contributed by atoms with van der Waals surface area (Å²) in [5.74, 6) is 0. The number of ether oxygens (including phenoxy) is 1. The molecular formula is C4H7NaO4S. The Kier molecular flexibility index (Phi) is 6.99. The van der Waals surface area contributed by atoms with Crippen LogP contribution >= 0.6 is 0 Å². The first-order chi connectivity index (χ1) is 4.02. The van der Waals surface area contributed by atoms with E-state index in [1.807, 2.05) is 0 Å². The third kappa shape index (κ3) is 4.43. The Morgan fingerprint density at radius 1 is 1.70 bits per heavy atom. The Morgan fingerprint density at radius 2 is 2.10 bits per heavy atom. The first kappa shape index (κ1) is 13.2. The van der Waals surface area contributed by atoms with E-state index in [2.05, 4.69) is 11.3 Å². The van der Waals surface area contributed by atoms with Crippen LogP contribution in [0.1, 0.15) is 0 Å². The molecule has 0 heterocycles. The van der Waals surface area contributed by atoms with Gasteiger partial charge in [0.2, 0.25) is 0 Å². The minimum atomic E-state index is -4.36. The molecule has 0 N–H and O–H groups in total. The molecule has 1 unspecified atom stereocenters. The van der Waals surface area contributed by atoms with Gasteiger partial charge in [0.25, 0.3) is 0 Å². The Hall–Kier alpha value is 0.610. The van der Waals surface area contributed by atoms with Crippen molar-refractivity contribution in [3.63, 3.8) is 0 Å². The molecule has 0 radical (unpaired) electrons. The standard InChI is InChI=1S/C4H8O4S.Na/c1-3-4(8-2)9(5,6)7;/h3-4H,1H2,2H3,(H,5,6,7);/q;+1/p-1. The molecule has 0 bridgehead atoms. The van der Waals surface area contributed by atoms with E-state index in [9.17, 15) is 13.0 Å². The summed E-state index contributed by atoms with van der Waals surface area (Å²) in [6.07, 6.45) is 0.933. The summed E-state index contributed by atoms with van der Waals surface area (Å²) in [4.78, 5) is 0. The van der Waals surface area contributed by atoms with Gasteiger partial charge in [-0.2, -0.15) is 0 Å². The number of rotatable bonds is 3. The van der Waals surface area contributed by atoms with Crippen molar-refractivity contribution in [3.05, 3.63) is 12.7 Å². The van der Waals surface area contributed by atoms with Gasteiger partial charge in [-0.15, -0.1) is 0 Å². The van der Waals surface area contributed by atoms with Gasteiger partial charge in [0.05, 0.1) is 0 Å². The average Bonchev–Trinajstić information content (AvgIpc) is 1.65. The minimum Gasteiger partial charge on any atom is -0.746 e. The van der Waals surface area contributed by atoms with E-state index in [1.54, 1.807) is 0 Å². The molecule has 10 heavy (non-hydrogen) atoms. The van der Waals surface area contributed by atoms with Crippen molar-refractivity contribution in [2.24, 2.45) is 0 Å². The Labute approximate surface area is 82.3 Å². The molecule has 0 aliphatic carbocycles. The third-order valence-corrected chi connectivity index (χ3v) is 1.66. The van der Waals surface area contributed by atoms with E-state index in [1.165, 1.54) is 0 Å². The average molecular weight is 174 g/mol. The van der Waals surface area contributed by atoms with Gasteiger partial charge in [-0.1, -0.05) is 6.58 Å². The Balaban J connectivity index is 0. The van der Waals surface area contributed by atoms with E-state index in [-0.39, 0.29) is 29.6 Å². The zero-order chi connectivity index (χ0) is 7.49. The number of hydrogen-bond donors (Lipinski definition) is 0. The van der Waals surface area contributed by atoms with Crippen molar-refractivity contribution in [1.82, 2.24) is 0 Å². The molecule has 0 spiro atoms. The Bertz CT molecular complexity index is 185. The van der Waals surface area contributed by atoms with Crippen LogP contribution in [0.15, 0.2) is 12.7 Å². The summed E-state index contributed by atoms with van der Waals surface area (Å²) < 4.78 is 34.4. The summed E-state index contributed by atoms with van der Waals surface area (Å²) in [6.45, 7) is 3.09. The maximum atomic E-state index is 10.0. The molecule has 0 amide bonds. The first-order valence-electron chi connectivity index (χ1n) is 2.12. The summed E-state index contributed by atoms with van der Waals surface area (Å²) in [5, 5.41) is 0. The molecule has 0 rings (SSSR count). The van der Waals surface area contributed by atoms with Crippen LogP contribution in [0.5, 0.6) is 0 Å². The van der Waals surface area contributed by atoms with Crippen molar-refractivity contribution in [2.45, 2.75) is 5.44 Å². The summed E-state index contributed by atoms with van der Waals surface area (Å²) in [6, 6.07) is 0. The second-order valence-electron chi connectivity index (χ2n) is 1.33. The molecule has 6 heteroatoms. The predicted octanol–water partition coefficient (Wildman–Crippen LogP) is -3.31. The van der Waals surface area contributed by atoms with Crippen molar-refractivity contribution in [1.29, 1.82) is 0 Å². The van der Waals surface area contributed by atoms with Crippen molar-refractivity contribution in [3.8, 4) is 0 Å². The molecule has 0 saturated carbocycles. The van der Waals surface area contributed by atoms with Crippen LogP contribution in [0.4, 0.5) is 0 Å². The molecular weight excluding hydrogens is 167 g/mol. The smallest absolute Gasteiger partial charge is 0.746 e. The zero-order valence-electron chi connectivity index (χ0n) is 5.90. The van der Waals surface area contributed by atoms with Crippen LogP contribution < -0.4 is 29.6 Å². The van der Waals surface area contributed by atoms with Crippen LogP contribution in [0.3, 0.4) is 0 Å². The van der Waals surface area contributed by atoms with Crippen molar-refractivity contribution < 1.29 is 47.3 Å². The summed E-state index contributed by atoms with van der Waals surface area (Å²) in [7, 11) is -3.23. The van der Waals surface area contributed by atoms with Crippen molar-refractivity contribution >= 4 is 10.1 Å². The van der Waals surface area contributed by atoms with E-state index >= 15 is 0 Å². The molecule has 0 fully saturated rings. The van der Waals surface area contributed by atoms with Gasteiger partial charge in [0, 0.05) is 7.11 Å². The molecule has 0 aromatic heterocycles. The fraction of sp³-hybridized carbons (Fsp3) is 0.500. The van der Waals surface area contributed by atoms with Gasteiger partial charge in [0.15, 0.2) is 5.44 Å². The monoisotopic (exact) mass is 174 g/mol. The predicted molar refractivity (Wildman–Crippen MR) is 30.7 cm³/mol. The van der Waals surface area contributed by atoms with Gasteiger partial charge in [-0.3, -0.25) is 0 Å². The molecule has 0 aromatic rings. The fourth-order valence-electron chi connectivity index (χ4n) is 0.332. The second kappa shape index (κ2) is 5.29. The number of hydrogen-bond acceptors (Lipinski definition) is 4. The fourth-order valence-corrected chi connectivity index (χ4v) is 0.803. The van der Waals surface area contributed by atoms with Gasteiger partial charge >= 0.3 is 29.6 Å². The van der Waals surface area contributed by atoms with Crippen LogP contribution in [0.2, 0.25) is 0 Å².